The monoisotopic (exact) mass is 788 g/mol. The molecule has 1 aromatic carbocycles. The van der Waals surface area contributed by atoms with Crippen LogP contribution in [0.15, 0.2) is 70.3 Å². The van der Waals surface area contributed by atoms with E-state index in [-0.39, 0.29) is 11.1 Å². The molecule has 2 aromatic heterocycles. The highest BCUT2D eigenvalue weighted by Gasteiger charge is 2.91. The number of likely N-dealkylation sites (tertiary alicyclic amines) is 1. The van der Waals surface area contributed by atoms with E-state index in [0.717, 1.165) is 63.8 Å². The third kappa shape index (κ3) is 5.80. The van der Waals surface area contributed by atoms with Crippen LogP contribution in [0, 0.1) is 27.1 Å². The summed E-state index contributed by atoms with van der Waals surface area (Å²) in [6.45, 7) is 16.6. The molecule has 2 aliphatic heterocycles. The minimum atomic E-state index is -1.09. The Morgan fingerprint density at radius 1 is 1.00 bits per heavy atom. The van der Waals surface area contributed by atoms with Crippen molar-refractivity contribution in [1.29, 1.82) is 0 Å². The number of hydrogen-bond acceptors (Lipinski definition) is 10. The Balaban J connectivity index is 0.923. The Bertz CT molecular complexity index is 2210. The summed E-state index contributed by atoms with van der Waals surface area (Å²) in [7, 11) is 0. The molecule has 4 heterocycles. The highest BCUT2D eigenvalue weighted by molar-refractivity contribution is 7.22. The Morgan fingerprint density at radius 2 is 1.74 bits per heavy atom. The van der Waals surface area contributed by atoms with Gasteiger partial charge in [-0.2, -0.15) is 0 Å². The molecule has 6 aliphatic rings. The minimum Gasteiger partial charge on any atom is -0.476 e. The van der Waals surface area contributed by atoms with E-state index in [9.17, 15) is 9.90 Å². The van der Waals surface area contributed by atoms with Crippen molar-refractivity contribution >= 4 is 49.8 Å². The molecule has 0 radical (unpaired) electrons. The predicted octanol–water partition coefficient (Wildman–Crippen LogP) is 9.18. The molecular weight excluding hydrogens is 729 g/mol. The lowest BCUT2D eigenvalue weighted by Crippen LogP contribution is -2.77. The van der Waals surface area contributed by atoms with Gasteiger partial charge in [0, 0.05) is 41.8 Å². The van der Waals surface area contributed by atoms with Crippen molar-refractivity contribution in [3.05, 3.63) is 76.5 Å². The molecule has 10 nitrogen and oxygen atoms in total. The van der Waals surface area contributed by atoms with E-state index >= 15 is 0 Å². The highest BCUT2D eigenvalue weighted by atomic mass is 32.1. The summed E-state index contributed by atoms with van der Waals surface area (Å²) in [5.74, 6) is 0.0590. The summed E-state index contributed by atoms with van der Waals surface area (Å²) in [6, 6.07) is 11.8. The molecule has 0 amide bonds. The maximum atomic E-state index is 12.9. The summed E-state index contributed by atoms with van der Waals surface area (Å²) >= 11 is 1.57. The number of carboxylic acid groups (broad SMARTS) is 1. The van der Waals surface area contributed by atoms with Crippen molar-refractivity contribution in [1.82, 2.24) is 14.9 Å². The third-order valence-corrected chi connectivity index (χ3v) is 16.8. The fourth-order valence-corrected chi connectivity index (χ4v) is 15.2. The zero-order valence-electron chi connectivity index (χ0n) is 34.5. The molecule has 4 aliphatic carbocycles. The van der Waals surface area contributed by atoms with Gasteiger partial charge in [0.15, 0.2) is 10.8 Å². The van der Waals surface area contributed by atoms with Gasteiger partial charge in [-0.3, -0.25) is 4.99 Å². The van der Waals surface area contributed by atoms with Crippen molar-refractivity contribution in [2.45, 2.75) is 105 Å². The topological polar surface area (TPSA) is 146 Å². The van der Waals surface area contributed by atoms with Crippen LogP contribution in [0.25, 0.3) is 15.8 Å². The molecule has 2 unspecified atom stereocenters. The first-order valence-corrected chi connectivity index (χ1v) is 22.0. The summed E-state index contributed by atoms with van der Waals surface area (Å²) in [6.07, 6.45) is 15.3. The summed E-state index contributed by atoms with van der Waals surface area (Å²) in [4.78, 5) is 32.4. The lowest BCUT2D eigenvalue weighted by atomic mass is 9.20. The molecule has 1 saturated heterocycles. The first kappa shape index (κ1) is 38.3. The number of allylic oxidation sites excluding steroid dienone is 4. The third-order valence-electron chi connectivity index (χ3n) is 15.8. The van der Waals surface area contributed by atoms with E-state index in [1.165, 1.54) is 83.6 Å². The van der Waals surface area contributed by atoms with Gasteiger partial charge in [-0.25, -0.2) is 14.8 Å². The van der Waals surface area contributed by atoms with E-state index in [1.54, 1.807) is 11.3 Å². The van der Waals surface area contributed by atoms with Crippen LogP contribution in [0.2, 0.25) is 0 Å². The van der Waals surface area contributed by atoms with Crippen molar-refractivity contribution in [3.63, 3.8) is 0 Å². The molecule has 11 heteroatoms. The molecule has 3 aromatic rings. The summed E-state index contributed by atoms with van der Waals surface area (Å²) in [5.41, 5.74) is 20.8. The number of hydrogen-bond donors (Lipinski definition) is 4. The van der Waals surface area contributed by atoms with Gasteiger partial charge in [0.05, 0.1) is 10.2 Å². The first-order valence-electron chi connectivity index (χ1n) is 21.2. The SMILES string of the molecule is CC(=NCC12CC3(C)CC4(CCCN5CCCC5)CC(C)(C1)C34C2)/C(=C\N)c1ccc(N2CCCC(/C(C)=C(\N)Nc3nc4ccccc4s3)=C2C)nc1C(=O)O. The van der Waals surface area contributed by atoms with Gasteiger partial charge in [0.25, 0.3) is 0 Å². The zero-order chi connectivity index (χ0) is 40.0. The Hall–Kier alpha value is -4.22. The van der Waals surface area contributed by atoms with Crippen LogP contribution in [-0.4, -0.2) is 64.4 Å². The largest absolute Gasteiger partial charge is 0.476 e. The highest BCUT2D eigenvalue weighted by Crippen LogP contribution is 2.98. The quantitative estimate of drug-likeness (QED) is 0.125. The number of anilines is 2. The van der Waals surface area contributed by atoms with E-state index < -0.39 is 5.97 Å². The molecular formula is C46H60N8O2S. The molecule has 4 saturated carbocycles. The second-order valence-electron chi connectivity index (χ2n) is 19.2. The Kier molecular flexibility index (Phi) is 9.20. The second-order valence-corrected chi connectivity index (χ2v) is 20.2. The van der Waals surface area contributed by atoms with Gasteiger partial charge in [0.2, 0.25) is 0 Å². The second kappa shape index (κ2) is 13.7. The van der Waals surface area contributed by atoms with Gasteiger partial charge < -0.3 is 31.7 Å². The number of thiazole rings is 1. The number of nitrogens with zero attached hydrogens (tertiary/aromatic N) is 5. The van der Waals surface area contributed by atoms with Crippen LogP contribution >= 0.6 is 11.3 Å². The van der Waals surface area contributed by atoms with Crippen molar-refractivity contribution in [3.8, 4) is 0 Å². The minimum absolute atomic E-state index is 0.0171. The Labute approximate surface area is 341 Å². The standard InChI is InChI=1S/C46H60N8O2S/c1-29(39(48)52-41-50-35-13-6-7-14-36(35)57-41)32-12-10-21-54(31(32)3)37-16-15-33(38(51-37)40(55)56)34(22-47)30(2)49-28-44-23-42(4)25-45(17-11-20-53-18-8-9-19-53)26-43(5,24-44)46(42,45)27-44/h6-7,13-16,22H,8-12,17-21,23-28,47-48H2,1-5H3,(H,50,52)(H,55,56)/b34-22+,39-29+,49-30?. The lowest BCUT2D eigenvalue weighted by Gasteiger charge is -2.84. The normalized spacial score (nSPS) is 32.7. The Morgan fingerprint density at radius 3 is 2.44 bits per heavy atom. The van der Waals surface area contributed by atoms with E-state index in [1.807, 2.05) is 44.2 Å². The van der Waals surface area contributed by atoms with E-state index in [4.69, 9.17) is 21.4 Å². The van der Waals surface area contributed by atoms with Crippen LogP contribution < -0.4 is 21.7 Å². The van der Waals surface area contributed by atoms with Crippen molar-refractivity contribution in [2.24, 2.45) is 43.5 Å². The number of rotatable bonds is 13. The maximum Gasteiger partial charge on any atom is 0.355 e. The molecule has 6 N–H and O–H groups in total. The molecule has 57 heavy (non-hydrogen) atoms. The van der Waals surface area contributed by atoms with E-state index in [2.05, 4.69) is 46.9 Å². The summed E-state index contributed by atoms with van der Waals surface area (Å²) < 4.78 is 1.10. The number of nitrogens with two attached hydrogens (primary N) is 2. The summed E-state index contributed by atoms with van der Waals surface area (Å²) in [5, 5.41) is 14.6. The van der Waals surface area contributed by atoms with Gasteiger partial charge >= 0.3 is 5.97 Å². The van der Waals surface area contributed by atoms with Crippen molar-refractivity contribution < 1.29 is 9.90 Å². The number of carbonyl (C=O) groups is 1. The van der Waals surface area contributed by atoms with Crippen LogP contribution in [0.1, 0.15) is 121 Å². The molecule has 1 spiro atoms. The molecule has 5 fully saturated rings. The molecule has 2 bridgehead atoms. The number of pyridine rings is 1. The zero-order valence-corrected chi connectivity index (χ0v) is 35.3. The number of fused-ring (bicyclic) bond motifs is 2. The number of nitrogens with one attached hydrogen (secondary N) is 1. The fourth-order valence-electron chi connectivity index (χ4n) is 14.3. The number of aliphatic imine (C=N–C) groups is 1. The van der Waals surface area contributed by atoms with Gasteiger partial charge in [-0.15, -0.1) is 0 Å². The number of aromatic carboxylic acids is 1. The first-order chi connectivity index (χ1) is 27.3. The average Bonchev–Trinajstić information content (AvgIpc) is 3.94. The molecule has 9 rings (SSSR count). The smallest absolute Gasteiger partial charge is 0.355 e. The van der Waals surface area contributed by atoms with Crippen LogP contribution in [0.5, 0.6) is 0 Å². The molecule has 302 valence electrons. The molecule has 2 atom stereocenters. The maximum absolute atomic E-state index is 12.9. The fraction of sp³-hybridized carbons (Fsp3) is 0.565. The van der Waals surface area contributed by atoms with Crippen LogP contribution in [-0.2, 0) is 0 Å². The van der Waals surface area contributed by atoms with Gasteiger partial charge in [0.1, 0.15) is 11.6 Å². The number of carboxylic acids is 1. The average molecular weight is 789 g/mol. The van der Waals surface area contributed by atoms with Crippen LogP contribution in [0.3, 0.4) is 0 Å². The van der Waals surface area contributed by atoms with Crippen molar-refractivity contribution in [2.75, 3.05) is 42.9 Å². The van der Waals surface area contributed by atoms with Gasteiger partial charge in [-0.1, -0.05) is 37.3 Å². The predicted molar refractivity (Wildman–Crippen MR) is 232 cm³/mol. The number of benzene rings is 1. The van der Waals surface area contributed by atoms with Gasteiger partial charge in [-0.05, 0) is 174 Å². The van der Waals surface area contributed by atoms with E-state index in [0.29, 0.717) is 44.4 Å². The van der Waals surface area contributed by atoms with Crippen LogP contribution in [0.4, 0.5) is 10.9 Å². The number of para-hydroxylation sites is 1. The lowest BCUT2D eigenvalue weighted by molar-refractivity contribution is -0.357. The number of aromatic nitrogens is 2.